The molecule has 0 amide bonds. The lowest BCUT2D eigenvalue weighted by atomic mass is 9.83. The molecule has 17 heavy (non-hydrogen) atoms. The first-order valence-electron chi connectivity index (χ1n) is 6.82. The number of nitrogens with zero attached hydrogens (tertiary/aromatic N) is 1. The number of rotatable bonds is 6. The van der Waals surface area contributed by atoms with Crippen LogP contribution < -0.4 is 11.1 Å². The Hall–Kier alpha value is -0.160. The van der Waals surface area contributed by atoms with Gasteiger partial charge in [-0.25, -0.2) is 0 Å². The van der Waals surface area contributed by atoms with Gasteiger partial charge in [-0.1, -0.05) is 0 Å². The van der Waals surface area contributed by atoms with Gasteiger partial charge in [0.2, 0.25) is 0 Å². The van der Waals surface area contributed by atoms with Gasteiger partial charge in [-0.15, -0.1) is 0 Å². The van der Waals surface area contributed by atoms with Gasteiger partial charge in [0.25, 0.3) is 0 Å². The first kappa shape index (κ1) is 14.9. The van der Waals surface area contributed by atoms with Crippen LogP contribution in [0.2, 0.25) is 0 Å². The molecule has 0 aromatic rings. The van der Waals surface area contributed by atoms with Crippen LogP contribution in [0.5, 0.6) is 0 Å². The molecule has 0 bridgehead atoms. The molecule has 1 aliphatic rings. The molecule has 102 valence electrons. The predicted molar refractivity (Wildman–Crippen MR) is 72.0 cm³/mol. The summed E-state index contributed by atoms with van der Waals surface area (Å²) in [6.07, 6.45) is 4.12. The van der Waals surface area contributed by atoms with Crippen LogP contribution in [-0.2, 0) is 0 Å². The highest BCUT2D eigenvalue weighted by molar-refractivity contribution is 4.97. The number of piperidine rings is 1. The molecule has 4 heteroatoms. The van der Waals surface area contributed by atoms with Gasteiger partial charge in [0.05, 0.1) is 0 Å². The van der Waals surface area contributed by atoms with Crippen LogP contribution in [0, 0.1) is 0 Å². The summed E-state index contributed by atoms with van der Waals surface area (Å²) < 4.78 is 0. The highest BCUT2D eigenvalue weighted by Crippen LogP contribution is 2.26. The molecular weight excluding hydrogens is 214 g/mol. The number of nitrogens with one attached hydrogen (secondary N) is 1. The zero-order valence-corrected chi connectivity index (χ0v) is 11.6. The molecular formula is C13H29N3O. The van der Waals surface area contributed by atoms with Crippen LogP contribution in [-0.4, -0.2) is 54.4 Å². The van der Waals surface area contributed by atoms with Crippen molar-refractivity contribution in [2.45, 2.75) is 57.2 Å². The molecule has 4 nitrogen and oxygen atoms in total. The molecule has 1 heterocycles. The number of aliphatic hydroxyl groups excluding tert-OH is 1. The van der Waals surface area contributed by atoms with Crippen LogP contribution in [0.4, 0.5) is 0 Å². The lowest BCUT2D eigenvalue weighted by molar-refractivity contribution is 0.102. The minimum absolute atomic E-state index is 0.0980. The van der Waals surface area contributed by atoms with Crippen molar-refractivity contribution in [2.75, 3.05) is 26.7 Å². The largest absolute Gasteiger partial charge is 0.396 e. The summed E-state index contributed by atoms with van der Waals surface area (Å²) in [5.74, 6) is 0. The Balaban J connectivity index is 2.51. The van der Waals surface area contributed by atoms with E-state index in [4.69, 9.17) is 10.8 Å². The summed E-state index contributed by atoms with van der Waals surface area (Å²) in [6, 6.07) is 1.02. The number of hydrogen-bond acceptors (Lipinski definition) is 4. The molecule has 1 saturated heterocycles. The van der Waals surface area contributed by atoms with Crippen LogP contribution >= 0.6 is 0 Å². The Morgan fingerprint density at radius 1 is 1.59 bits per heavy atom. The summed E-state index contributed by atoms with van der Waals surface area (Å²) in [6.45, 7) is 6.55. The lowest BCUT2D eigenvalue weighted by Crippen LogP contribution is -2.61. The Kier molecular flexibility index (Phi) is 5.86. The van der Waals surface area contributed by atoms with E-state index in [0.29, 0.717) is 18.6 Å². The number of nitrogens with two attached hydrogens (primary N) is 1. The maximum Gasteiger partial charge on any atom is 0.0431 e. The summed E-state index contributed by atoms with van der Waals surface area (Å²) >= 11 is 0. The molecule has 3 atom stereocenters. The van der Waals surface area contributed by atoms with E-state index in [9.17, 15) is 0 Å². The zero-order chi connectivity index (χ0) is 12.9. The normalized spacial score (nSPS) is 32.6. The second-order valence-electron chi connectivity index (χ2n) is 5.68. The fourth-order valence-electron chi connectivity index (χ4n) is 2.80. The topological polar surface area (TPSA) is 61.5 Å². The van der Waals surface area contributed by atoms with Crippen LogP contribution in [0.1, 0.15) is 39.5 Å². The van der Waals surface area contributed by atoms with Crippen molar-refractivity contribution in [3.8, 4) is 0 Å². The first-order chi connectivity index (χ1) is 8.03. The minimum atomic E-state index is 0.0980. The third-order valence-electron chi connectivity index (χ3n) is 4.12. The highest BCUT2D eigenvalue weighted by atomic mass is 16.2. The number of aliphatic hydroxyl groups is 1. The van der Waals surface area contributed by atoms with Crippen molar-refractivity contribution in [3.63, 3.8) is 0 Å². The van der Waals surface area contributed by atoms with Crippen molar-refractivity contribution in [2.24, 2.45) is 5.73 Å². The van der Waals surface area contributed by atoms with Crippen molar-refractivity contribution in [1.82, 2.24) is 10.2 Å². The van der Waals surface area contributed by atoms with E-state index in [0.717, 1.165) is 32.2 Å². The van der Waals surface area contributed by atoms with E-state index in [1.807, 2.05) is 0 Å². The van der Waals surface area contributed by atoms with Gasteiger partial charge in [0.15, 0.2) is 0 Å². The number of hydrogen-bond donors (Lipinski definition) is 3. The van der Waals surface area contributed by atoms with E-state index < -0.39 is 0 Å². The van der Waals surface area contributed by atoms with Crippen molar-refractivity contribution < 1.29 is 5.11 Å². The van der Waals surface area contributed by atoms with Gasteiger partial charge < -0.3 is 21.1 Å². The molecule has 3 unspecified atom stereocenters. The zero-order valence-electron chi connectivity index (χ0n) is 11.6. The Morgan fingerprint density at radius 3 is 2.82 bits per heavy atom. The summed E-state index contributed by atoms with van der Waals surface area (Å²) in [4.78, 5) is 2.40. The molecule has 1 rings (SSSR count). The molecule has 4 N–H and O–H groups in total. The third kappa shape index (κ3) is 4.21. The molecule has 0 aliphatic carbocycles. The van der Waals surface area contributed by atoms with Crippen LogP contribution in [0.15, 0.2) is 0 Å². The fourth-order valence-corrected chi connectivity index (χ4v) is 2.80. The molecule has 1 aliphatic heterocycles. The Labute approximate surface area is 106 Å². The van der Waals surface area contributed by atoms with Crippen molar-refractivity contribution in [1.29, 1.82) is 0 Å². The lowest BCUT2D eigenvalue weighted by Gasteiger charge is -2.46. The molecule has 0 saturated carbocycles. The third-order valence-corrected chi connectivity index (χ3v) is 4.12. The molecule has 0 aromatic carbocycles. The quantitative estimate of drug-likeness (QED) is 0.637. The van der Waals surface area contributed by atoms with Crippen molar-refractivity contribution in [3.05, 3.63) is 0 Å². The van der Waals surface area contributed by atoms with Gasteiger partial charge in [-0.05, 0) is 53.1 Å². The van der Waals surface area contributed by atoms with Gasteiger partial charge in [-0.3, -0.25) is 0 Å². The van der Waals surface area contributed by atoms with Crippen LogP contribution in [0.25, 0.3) is 0 Å². The smallest absolute Gasteiger partial charge is 0.0431 e. The highest BCUT2D eigenvalue weighted by Gasteiger charge is 2.36. The Morgan fingerprint density at radius 2 is 2.29 bits per heavy atom. The standard InChI is InChI=1S/C13H29N3O/c1-11(5-4-8-17)15-13(10-14)6-7-16(3)12(2)9-13/h11-12,15,17H,4-10,14H2,1-3H3. The maximum absolute atomic E-state index is 8.86. The second kappa shape index (κ2) is 6.69. The monoisotopic (exact) mass is 243 g/mol. The molecule has 0 spiro atoms. The van der Waals surface area contributed by atoms with Gasteiger partial charge in [-0.2, -0.15) is 0 Å². The molecule has 0 radical (unpaired) electrons. The SMILES string of the molecule is CC(CCCO)NC1(CN)CCN(C)C(C)C1. The fraction of sp³-hybridized carbons (Fsp3) is 1.00. The van der Waals surface area contributed by atoms with Gasteiger partial charge >= 0.3 is 0 Å². The van der Waals surface area contributed by atoms with Crippen LogP contribution in [0.3, 0.4) is 0 Å². The van der Waals surface area contributed by atoms with Crippen molar-refractivity contribution >= 4 is 0 Å². The van der Waals surface area contributed by atoms with Gasteiger partial charge in [0.1, 0.15) is 0 Å². The van der Waals surface area contributed by atoms with E-state index >= 15 is 0 Å². The second-order valence-corrected chi connectivity index (χ2v) is 5.68. The minimum Gasteiger partial charge on any atom is -0.396 e. The number of likely N-dealkylation sites (tertiary alicyclic amines) is 1. The van der Waals surface area contributed by atoms with E-state index in [2.05, 4.69) is 31.1 Å². The molecule has 1 fully saturated rings. The summed E-state index contributed by atoms with van der Waals surface area (Å²) in [5, 5.41) is 12.6. The average Bonchev–Trinajstić information content (AvgIpc) is 2.31. The predicted octanol–water partition coefficient (Wildman–Crippen LogP) is 0.549. The maximum atomic E-state index is 8.86. The average molecular weight is 243 g/mol. The van der Waals surface area contributed by atoms with E-state index in [1.54, 1.807) is 0 Å². The first-order valence-corrected chi connectivity index (χ1v) is 6.82. The summed E-state index contributed by atoms with van der Waals surface area (Å²) in [7, 11) is 2.18. The van der Waals surface area contributed by atoms with E-state index in [-0.39, 0.29) is 12.1 Å². The molecule has 0 aromatic heterocycles. The Bertz CT molecular complexity index is 225. The van der Waals surface area contributed by atoms with E-state index in [1.165, 1.54) is 0 Å². The summed E-state index contributed by atoms with van der Waals surface area (Å²) in [5.41, 5.74) is 6.09. The van der Waals surface area contributed by atoms with Gasteiger partial charge in [0, 0.05) is 30.8 Å².